The van der Waals surface area contributed by atoms with E-state index in [0.717, 1.165) is 4.47 Å². The third kappa shape index (κ3) is 4.73. The Labute approximate surface area is 335 Å². The van der Waals surface area contributed by atoms with Gasteiger partial charge in [0.2, 0.25) is 0 Å². The van der Waals surface area contributed by atoms with E-state index in [-0.39, 0.29) is 0 Å². The molecule has 0 saturated carbocycles. The Morgan fingerprint density at radius 2 is 0.857 bits per heavy atom. The van der Waals surface area contributed by atoms with Crippen molar-refractivity contribution in [1.29, 1.82) is 0 Å². The highest BCUT2D eigenvalue weighted by molar-refractivity contribution is 9.10. The number of hydrogen-bond acceptors (Lipinski definition) is 1. The van der Waals surface area contributed by atoms with Crippen LogP contribution in [0.2, 0.25) is 0 Å². The van der Waals surface area contributed by atoms with Crippen LogP contribution in [-0.2, 0) is 0 Å². The van der Waals surface area contributed by atoms with E-state index in [4.69, 9.17) is 0 Å². The van der Waals surface area contributed by atoms with Crippen LogP contribution in [0.4, 0.5) is 0 Å². The number of aromatic nitrogens is 2. The maximum atomic E-state index is 3.62. The second-order valence-corrected chi connectivity index (χ2v) is 16.6. The fraction of sp³-hybridized carbons (Fsp3) is 0. The fourth-order valence-corrected chi connectivity index (χ4v) is 10.5. The average Bonchev–Trinajstić information content (AvgIpc) is 3.90. The van der Waals surface area contributed by atoms with Gasteiger partial charge in [0.1, 0.15) is 0 Å². The minimum absolute atomic E-state index is 1.08. The number of halogens is 1. The van der Waals surface area contributed by atoms with Crippen LogP contribution < -0.4 is 0 Å². The maximum Gasteiger partial charge on any atom is 0.0547 e. The lowest BCUT2D eigenvalue weighted by atomic mass is 9.97. The summed E-state index contributed by atoms with van der Waals surface area (Å²) in [7, 11) is 0. The number of benzene rings is 9. The molecule has 0 radical (unpaired) electrons. The molecule has 0 amide bonds. The molecule has 12 rings (SSSR count). The standard InChI is InChI=1S/C52H31BrN2S/c53-35-21-17-32(18-22-35)37-27-28-48(39-10-2-1-9-38(37)39)55-47-15-7-4-12-41(47)43-25-20-34(30-50(43)55)33-19-24-42-40-11-3-6-14-46(40)54(49(42)29-33)36-23-26-45-44-13-5-8-16-51(44)56-52(45)31-36/h1-31H. The van der Waals surface area contributed by atoms with E-state index < -0.39 is 0 Å². The Balaban J connectivity index is 1.07. The van der Waals surface area contributed by atoms with Gasteiger partial charge in [-0.05, 0) is 88.3 Å². The van der Waals surface area contributed by atoms with Crippen molar-refractivity contribution in [2.45, 2.75) is 0 Å². The smallest absolute Gasteiger partial charge is 0.0547 e. The van der Waals surface area contributed by atoms with E-state index in [0.29, 0.717) is 0 Å². The molecular weight excluding hydrogens is 765 g/mol. The first-order valence-electron chi connectivity index (χ1n) is 18.9. The van der Waals surface area contributed by atoms with Gasteiger partial charge in [-0.25, -0.2) is 0 Å². The lowest BCUT2D eigenvalue weighted by Gasteiger charge is -2.15. The topological polar surface area (TPSA) is 9.86 Å². The number of hydrogen-bond donors (Lipinski definition) is 0. The summed E-state index contributed by atoms with van der Waals surface area (Å²) < 4.78 is 8.63. The van der Waals surface area contributed by atoms with Gasteiger partial charge in [0.25, 0.3) is 0 Å². The van der Waals surface area contributed by atoms with Crippen LogP contribution in [0.1, 0.15) is 0 Å². The minimum atomic E-state index is 1.08. The maximum absolute atomic E-state index is 3.62. The highest BCUT2D eigenvalue weighted by atomic mass is 79.9. The fourth-order valence-electron chi connectivity index (χ4n) is 9.05. The van der Waals surface area contributed by atoms with Crippen molar-refractivity contribution in [2.24, 2.45) is 0 Å². The summed E-state index contributed by atoms with van der Waals surface area (Å²) >= 11 is 5.49. The molecule has 0 atom stereocenters. The van der Waals surface area contributed by atoms with Crippen LogP contribution >= 0.6 is 27.3 Å². The number of rotatable bonds is 4. The van der Waals surface area contributed by atoms with Gasteiger partial charge in [0.15, 0.2) is 0 Å². The van der Waals surface area contributed by atoms with Crippen molar-refractivity contribution in [3.05, 3.63) is 193 Å². The van der Waals surface area contributed by atoms with Gasteiger partial charge in [-0.15, -0.1) is 11.3 Å². The third-order valence-electron chi connectivity index (χ3n) is 11.6. The summed E-state index contributed by atoms with van der Waals surface area (Å²) in [5.41, 5.74) is 12.0. The molecule has 0 spiro atoms. The predicted molar refractivity (Wildman–Crippen MR) is 244 cm³/mol. The summed E-state index contributed by atoms with van der Waals surface area (Å²) in [6.07, 6.45) is 0. The van der Waals surface area contributed by atoms with E-state index in [1.165, 1.54) is 108 Å². The van der Waals surface area contributed by atoms with Crippen LogP contribution in [-0.4, -0.2) is 9.13 Å². The number of para-hydroxylation sites is 2. The first kappa shape index (κ1) is 31.8. The molecule has 2 nitrogen and oxygen atoms in total. The molecule has 0 aliphatic carbocycles. The lowest BCUT2D eigenvalue weighted by Crippen LogP contribution is -1.96. The van der Waals surface area contributed by atoms with Gasteiger partial charge in [-0.3, -0.25) is 0 Å². The average molecular weight is 796 g/mol. The zero-order chi connectivity index (χ0) is 36.9. The molecule has 0 bridgehead atoms. The number of nitrogens with zero attached hydrogens (tertiary/aromatic N) is 2. The molecule has 12 aromatic rings. The third-order valence-corrected chi connectivity index (χ3v) is 13.3. The SMILES string of the molecule is Brc1ccc(-c2ccc(-n3c4ccccc4c4ccc(-c5ccc6c7ccccc7n(-c7ccc8c(c7)sc7ccccc78)c6c5)cc43)c3ccccc23)cc1. The Morgan fingerprint density at radius 3 is 1.57 bits per heavy atom. The predicted octanol–water partition coefficient (Wildman–Crippen LogP) is 15.5. The molecule has 0 aliphatic rings. The molecule has 0 N–H and O–H groups in total. The van der Waals surface area contributed by atoms with Crippen molar-refractivity contribution in [2.75, 3.05) is 0 Å². The van der Waals surface area contributed by atoms with E-state index >= 15 is 0 Å². The quantitative estimate of drug-likeness (QED) is 0.168. The highest BCUT2D eigenvalue weighted by Gasteiger charge is 2.19. The van der Waals surface area contributed by atoms with Gasteiger partial charge in [-0.1, -0.05) is 143 Å². The van der Waals surface area contributed by atoms with Crippen LogP contribution in [0.15, 0.2) is 193 Å². The summed E-state index contributed by atoms with van der Waals surface area (Å²) in [6, 6.07) is 69.3. The molecule has 0 aliphatic heterocycles. The van der Waals surface area contributed by atoms with E-state index in [2.05, 4.69) is 213 Å². The van der Waals surface area contributed by atoms with Gasteiger partial charge < -0.3 is 9.13 Å². The van der Waals surface area contributed by atoms with Crippen LogP contribution in [0.5, 0.6) is 0 Å². The second-order valence-electron chi connectivity index (χ2n) is 14.6. The molecule has 262 valence electrons. The summed E-state index contributed by atoms with van der Waals surface area (Å²) in [5, 5.41) is 10.1. The molecule has 0 saturated heterocycles. The molecule has 9 aromatic carbocycles. The van der Waals surface area contributed by atoms with Crippen LogP contribution in [0.25, 0.3) is 108 Å². The van der Waals surface area contributed by atoms with Crippen molar-refractivity contribution >= 4 is 102 Å². The van der Waals surface area contributed by atoms with Gasteiger partial charge in [0, 0.05) is 57.3 Å². The van der Waals surface area contributed by atoms with Gasteiger partial charge in [-0.2, -0.15) is 0 Å². The molecule has 3 heterocycles. The molecule has 3 aromatic heterocycles. The Kier molecular flexibility index (Phi) is 6.98. The molecule has 0 unspecified atom stereocenters. The normalized spacial score (nSPS) is 12.0. The van der Waals surface area contributed by atoms with E-state index in [9.17, 15) is 0 Å². The van der Waals surface area contributed by atoms with Gasteiger partial charge >= 0.3 is 0 Å². The van der Waals surface area contributed by atoms with E-state index in [1.54, 1.807) is 0 Å². The van der Waals surface area contributed by atoms with Crippen molar-refractivity contribution < 1.29 is 0 Å². The van der Waals surface area contributed by atoms with Gasteiger partial charge in [0.05, 0.1) is 27.8 Å². The van der Waals surface area contributed by atoms with E-state index in [1.807, 2.05) is 11.3 Å². The van der Waals surface area contributed by atoms with Crippen molar-refractivity contribution in [1.82, 2.24) is 9.13 Å². The summed E-state index contributed by atoms with van der Waals surface area (Å²) in [6.45, 7) is 0. The zero-order valence-electron chi connectivity index (χ0n) is 30.1. The zero-order valence-corrected chi connectivity index (χ0v) is 32.5. The minimum Gasteiger partial charge on any atom is -0.309 e. The van der Waals surface area contributed by atoms with Crippen molar-refractivity contribution in [3.8, 4) is 33.6 Å². The Morgan fingerprint density at radius 1 is 0.339 bits per heavy atom. The molecular formula is C52H31BrN2S. The molecule has 0 fully saturated rings. The summed E-state index contributed by atoms with van der Waals surface area (Å²) in [5.74, 6) is 0. The highest BCUT2D eigenvalue weighted by Crippen LogP contribution is 2.42. The monoisotopic (exact) mass is 794 g/mol. The number of fused-ring (bicyclic) bond motifs is 10. The molecule has 4 heteroatoms. The van der Waals surface area contributed by atoms with Crippen LogP contribution in [0, 0.1) is 0 Å². The van der Waals surface area contributed by atoms with Crippen molar-refractivity contribution in [3.63, 3.8) is 0 Å². The Hall–Kier alpha value is -6.46. The summed E-state index contributed by atoms with van der Waals surface area (Å²) in [4.78, 5) is 0. The first-order valence-corrected chi connectivity index (χ1v) is 20.6. The first-order chi connectivity index (χ1) is 27.7. The Bertz CT molecular complexity index is 3550. The second kappa shape index (κ2) is 12.3. The largest absolute Gasteiger partial charge is 0.309 e. The lowest BCUT2D eigenvalue weighted by molar-refractivity contribution is 1.19. The molecule has 56 heavy (non-hydrogen) atoms. The van der Waals surface area contributed by atoms with Crippen LogP contribution in [0.3, 0.4) is 0 Å². The number of thiophene rings is 1.